The minimum absolute atomic E-state index is 0.0281. The van der Waals surface area contributed by atoms with Crippen molar-refractivity contribution in [2.75, 3.05) is 14.1 Å². The Balaban J connectivity index is 1.74. The van der Waals surface area contributed by atoms with Gasteiger partial charge in [-0.05, 0) is 48.7 Å². The van der Waals surface area contributed by atoms with Crippen LogP contribution < -0.4 is 0 Å². The van der Waals surface area contributed by atoms with Gasteiger partial charge in [0.1, 0.15) is 5.69 Å². The highest BCUT2D eigenvalue weighted by molar-refractivity contribution is 6.03. The zero-order valence-electron chi connectivity index (χ0n) is 16.5. The minimum atomic E-state index is -0.0281. The van der Waals surface area contributed by atoms with E-state index in [9.17, 15) is 4.79 Å². The zero-order valence-corrected chi connectivity index (χ0v) is 16.5. The molecular formula is C23H21N5O. The lowest BCUT2D eigenvalue weighted by atomic mass is 9.96. The van der Waals surface area contributed by atoms with E-state index >= 15 is 0 Å². The molecule has 4 heterocycles. The van der Waals surface area contributed by atoms with Crippen molar-refractivity contribution >= 4 is 16.8 Å². The number of rotatable bonds is 3. The molecule has 0 saturated heterocycles. The summed E-state index contributed by atoms with van der Waals surface area (Å²) in [7, 11) is 3.51. The van der Waals surface area contributed by atoms with Gasteiger partial charge in [0.2, 0.25) is 0 Å². The number of aryl methyl sites for hydroxylation is 1. The third kappa shape index (κ3) is 2.88. The summed E-state index contributed by atoms with van der Waals surface area (Å²) in [5, 5.41) is 5.90. The summed E-state index contributed by atoms with van der Waals surface area (Å²) >= 11 is 0. The van der Waals surface area contributed by atoms with E-state index in [4.69, 9.17) is 5.10 Å². The molecule has 1 aromatic carbocycles. The Kier molecular flexibility index (Phi) is 4.12. The first-order valence-electron chi connectivity index (χ1n) is 9.75. The molecule has 0 unspecified atom stereocenters. The number of fused-ring (bicyclic) bond motifs is 2. The molecule has 144 valence electrons. The Hall–Kier alpha value is -3.54. The average Bonchev–Trinajstić information content (AvgIpc) is 3.34. The van der Waals surface area contributed by atoms with Crippen molar-refractivity contribution in [1.29, 1.82) is 0 Å². The molecule has 0 fully saturated rings. The van der Waals surface area contributed by atoms with Crippen LogP contribution in [0.5, 0.6) is 0 Å². The Labute approximate surface area is 168 Å². The summed E-state index contributed by atoms with van der Waals surface area (Å²) in [6.07, 6.45) is 5.70. The van der Waals surface area contributed by atoms with Gasteiger partial charge >= 0.3 is 0 Å². The van der Waals surface area contributed by atoms with E-state index < -0.39 is 0 Å². The fraction of sp³-hybridized carbons (Fsp3) is 0.217. The van der Waals surface area contributed by atoms with Gasteiger partial charge in [-0.1, -0.05) is 12.1 Å². The zero-order chi connectivity index (χ0) is 20.0. The number of nitrogens with zero attached hydrogens (tertiary/aromatic N) is 5. The van der Waals surface area contributed by atoms with Gasteiger partial charge in [0.05, 0.1) is 11.2 Å². The fourth-order valence-corrected chi connectivity index (χ4v) is 4.05. The highest BCUT2D eigenvalue weighted by Crippen LogP contribution is 2.39. The summed E-state index contributed by atoms with van der Waals surface area (Å²) in [6, 6.07) is 13.7. The highest BCUT2D eigenvalue weighted by atomic mass is 16.2. The van der Waals surface area contributed by atoms with Crippen LogP contribution in [0.4, 0.5) is 0 Å². The third-order valence-corrected chi connectivity index (χ3v) is 5.41. The van der Waals surface area contributed by atoms with Crippen LogP contribution in [0, 0.1) is 0 Å². The number of hydrogen-bond acceptors (Lipinski definition) is 4. The molecule has 0 N–H and O–H groups in total. The summed E-state index contributed by atoms with van der Waals surface area (Å²) < 4.78 is 2.11. The molecule has 0 radical (unpaired) electrons. The Morgan fingerprint density at radius 3 is 2.76 bits per heavy atom. The predicted octanol–water partition coefficient (Wildman–Crippen LogP) is 3.81. The van der Waals surface area contributed by atoms with Gasteiger partial charge in [0.25, 0.3) is 5.91 Å². The van der Waals surface area contributed by atoms with Crippen LogP contribution in [0.2, 0.25) is 0 Å². The molecule has 29 heavy (non-hydrogen) atoms. The lowest BCUT2D eigenvalue weighted by Crippen LogP contribution is -2.21. The molecule has 0 saturated carbocycles. The summed E-state index contributed by atoms with van der Waals surface area (Å²) in [5.74, 6) is -0.0281. The lowest BCUT2D eigenvalue weighted by Gasteiger charge is -2.12. The molecule has 6 nitrogen and oxygen atoms in total. The third-order valence-electron chi connectivity index (χ3n) is 5.41. The topological polar surface area (TPSA) is 63.9 Å². The van der Waals surface area contributed by atoms with Crippen LogP contribution in [0.1, 0.15) is 22.5 Å². The van der Waals surface area contributed by atoms with Crippen molar-refractivity contribution in [3.8, 4) is 22.5 Å². The van der Waals surface area contributed by atoms with E-state index in [1.165, 1.54) is 5.69 Å². The van der Waals surface area contributed by atoms with Crippen molar-refractivity contribution in [2.45, 2.75) is 19.4 Å². The maximum Gasteiger partial charge on any atom is 0.253 e. The first-order valence-corrected chi connectivity index (χ1v) is 9.75. The summed E-state index contributed by atoms with van der Waals surface area (Å²) in [6.45, 7) is 0.930. The second-order valence-corrected chi connectivity index (χ2v) is 7.50. The molecule has 0 aliphatic carbocycles. The van der Waals surface area contributed by atoms with E-state index in [0.29, 0.717) is 5.56 Å². The summed E-state index contributed by atoms with van der Waals surface area (Å²) in [5.41, 5.74) is 6.67. The molecule has 0 spiro atoms. The number of amides is 1. The largest absolute Gasteiger partial charge is 0.345 e. The first kappa shape index (κ1) is 17.6. The number of carbonyl (C=O) groups is 1. The quantitative estimate of drug-likeness (QED) is 0.540. The Morgan fingerprint density at radius 2 is 1.97 bits per heavy atom. The van der Waals surface area contributed by atoms with E-state index in [2.05, 4.69) is 14.6 Å². The second kappa shape index (κ2) is 6.81. The van der Waals surface area contributed by atoms with Gasteiger partial charge in [0, 0.05) is 55.2 Å². The van der Waals surface area contributed by atoms with Gasteiger partial charge in [-0.3, -0.25) is 19.4 Å². The van der Waals surface area contributed by atoms with Gasteiger partial charge in [-0.2, -0.15) is 5.10 Å². The molecule has 0 bridgehead atoms. The van der Waals surface area contributed by atoms with Crippen molar-refractivity contribution in [2.24, 2.45) is 0 Å². The van der Waals surface area contributed by atoms with Crippen LogP contribution in [0.15, 0.2) is 54.9 Å². The van der Waals surface area contributed by atoms with E-state index in [-0.39, 0.29) is 5.91 Å². The van der Waals surface area contributed by atoms with Crippen LogP contribution in [-0.4, -0.2) is 44.7 Å². The molecular weight excluding hydrogens is 362 g/mol. The standard InChI is InChI=1S/C23H21N5O/c1-27(2)23(29)15-8-9-16-17(10-12-25-19(16)14-15)21-20-7-5-13-28(20)26-22(21)18-6-3-4-11-24-18/h3-4,6,8-12,14H,5,7,13H2,1-2H3. The smallest absolute Gasteiger partial charge is 0.253 e. The van der Waals surface area contributed by atoms with E-state index in [1.54, 1.807) is 25.2 Å². The fourth-order valence-electron chi connectivity index (χ4n) is 4.05. The molecule has 6 heteroatoms. The van der Waals surface area contributed by atoms with Crippen molar-refractivity contribution in [3.05, 3.63) is 66.1 Å². The predicted molar refractivity (Wildman–Crippen MR) is 113 cm³/mol. The lowest BCUT2D eigenvalue weighted by molar-refractivity contribution is 0.0827. The average molecular weight is 383 g/mol. The molecule has 1 aliphatic heterocycles. The van der Waals surface area contributed by atoms with Gasteiger partial charge in [-0.25, -0.2) is 0 Å². The number of carbonyl (C=O) groups excluding carboxylic acids is 1. The van der Waals surface area contributed by atoms with Crippen LogP contribution in [0.3, 0.4) is 0 Å². The van der Waals surface area contributed by atoms with Gasteiger partial charge in [-0.15, -0.1) is 0 Å². The summed E-state index contributed by atoms with van der Waals surface area (Å²) in [4.78, 5) is 23.0. The van der Waals surface area contributed by atoms with Gasteiger partial charge < -0.3 is 4.90 Å². The molecule has 3 aromatic heterocycles. The minimum Gasteiger partial charge on any atom is -0.345 e. The van der Waals surface area contributed by atoms with Crippen LogP contribution in [0.25, 0.3) is 33.4 Å². The van der Waals surface area contributed by atoms with Crippen molar-refractivity contribution in [1.82, 2.24) is 24.6 Å². The molecule has 4 aromatic rings. The Morgan fingerprint density at radius 1 is 1.07 bits per heavy atom. The highest BCUT2D eigenvalue weighted by Gasteiger charge is 2.25. The monoisotopic (exact) mass is 383 g/mol. The normalized spacial score (nSPS) is 12.9. The van der Waals surface area contributed by atoms with E-state index in [1.807, 2.05) is 48.7 Å². The van der Waals surface area contributed by atoms with Crippen molar-refractivity contribution < 1.29 is 4.79 Å². The molecule has 5 rings (SSSR count). The maximum absolute atomic E-state index is 12.4. The van der Waals surface area contributed by atoms with E-state index in [0.717, 1.165) is 52.8 Å². The van der Waals surface area contributed by atoms with Gasteiger partial charge in [0.15, 0.2) is 0 Å². The molecule has 1 amide bonds. The number of pyridine rings is 2. The second-order valence-electron chi connectivity index (χ2n) is 7.50. The maximum atomic E-state index is 12.4. The molecule has 1 aliphatic rings. The van der Waals surface area contributed by atoms with Crippen molar-refractivity contribution in [3.63, 3.8) is 0 Å². The van der Waals surface area contributed by atoms with Crippen LogP contribution >= 0.6 is 0 Å². The van der Waals surface area contributed by atoms with Crippen LogP contribution in [-0.2, 0) is 13.0 Å². The first-order chi connectivity index (χ1) is 14.1. The molecule has 0 atom stereocenters. The SMILES string of the molecule is CN(C)C(=O)c1ccc2c(-c3c(-c4ccccn4)nn4c3CCC4)ccnc2c1. The number of aromatic nitrogens is 4. The number of benzene rings is 1. The number of hydrogen-bond donors (Lipinski definition) is 0. The Bertz CT molecular complexity index is 1230.